The topological polar surface area (TPSA) is 77.0 Å². The molecule has 14 heavy (non-hydrogen) atoms. The van der Waals surface area contributed by atoms with Gasteiger partial charge in [0.25, 0.3) is 0 Å². The highest BCUT2D eigenvalue weighted by Crippen LogP contribution is 2.21. The third-order valence-electron chi connectivity index (χ3n) is 2.35. The lowest BCUT2D eigenvalue weighted by Crippen LogP contribution is -2.18. The molecule has 0 radical (unpaired) electrons. The summed E-state index contributed by atoms with van der Waals surface area (Å²) in [5.41, 5.74) is 5.65. The Morgan fingerprint density at radius 2 is 2.57 bits per heavy atom. The molecule has 1 unspecified atom stereocenters. The van der Waals surface area contributed by atoms with Gasteiger partial charge in [0.05, 0.1) is 6.04 Å². The first-order valence-corrected chi connectivity index (χ1v) is 5.07. The van der Waals surface area contributed by atoms with Crippen LogP contribution in [0.2, 0.25) is 0 Å². The van der Waals surface area contributed by atoms with Gasteiger partial charge in [-0.15, -0.1) is 0 Å². The van der Waals surface area contributed by atoms with Gasteiger partial charge >= 0.3 is 0 Å². The van der Waals surface area contributed by atoms with Crippen molar-refractivity contribution < 1.29 is 4.52 Å². The lowest BCUT2D eigenvalue weighted by Gasteiger charge is -2.01. The summed E-state index contributed by atoms with van der Waals surface area (Å²) in [7, 11) is 0. The highest BCUT2D eigenvalue weighted by Gasteiger charge is 2.22. The highest BCUT2D eigenvalue weighted by atomic mass is 16.5. The molecule has 5 nitrogen and oxygen atoms in total. The number of nitrogens with zero attached hydrogens (tertiary/aromatic N) is 2. The summed E-state index contributed by atoms with van der Waals surface area (Å²) in [5, 5.41) is 7.21. The Morgan fingerprint density at radius 3 is 3.21 bits per heavy atom. The molecular formula is C9H16N4O. The first-order chi connectivity index (χ1) is 6.75. The molecule has 0 saturated carbocycles. The van der Waals surface area contributed by atoms with Gasteiger partial charge in [-0.05, 0) is 26.3 Å². The smallest absolute Gasteiger partial charge is 0.243 e. The maximum atomic E-state index is 5.65. The zero-order valence-electron chi connectivity index (χ0n) is 8.36. The van der Waals surface area contributed by atoms with Crippen LogP contribution in [0, 0.1) is 0 Å². The van der Waals surface area contributed by atoms with Gasteiger partial charge < -0.3 is 15.6 Å². The summed E-state index contributed by atoms with van der Waals surface area (Å²) in [6.45, 7) is 2.97. The summed E-state index contributed by atoms with van der Waals surface area (Å²) in [6.07, 6.45) is 2.94. The highest BCUT2D eigenvalue weighted by molar-refractivity contribution is 4.96. The fraction of sp³-hybridized carbons (Fsp3) is 0.778. The number of nitrogens with one attached hydrogen (secondary N) is 1. The largest absolute Gasteiger partial charge is 0.338 e. The Morgan fingerprint density at radius 1 is 1.71 bits per heavy atom. The summed E-state index contributed by atoms with van der Waals surface area (Å²) < 4.78 is 5.17. The van der Waals surface area contributed by atoms with E-state index in [1.54, 1.807) is 0 Å². The molecule has 0 aromatic carbocycles. The van der Waals surface area contributed by atoms with Gasteiger partial charge in [-0.2, -0.15) is 4.98 Å². The molecule has 0 aliphatic carbocycles. The van der Waals surface area contributed by atoms with Gasteiger partial charge in [0.2, 0.25) is 5.89 Å². The first kappa shape index (κ1) is 9.61. The van der Waals surface area contributed by atoms with Crippen LogP contribution >= 0.6 is 0 Å². The summed E-state index contributed by atoms with van der Waals surface area (Å²) >= 11 is 0. The van der Waals surface area contributed by atoms with Gasteiger partial charge in [0.1, 0.15) is 0 Å². The van der Waals surface area contributed by atoms with Gasteiger partial charge in [-0.3, -0.25) is 0 Å². The van der Waals surface area contributed by atoms with Crippen LogP contribution in [0.3, 0.4) is 0 Å². The van der Waals surface area contributed by atoms with Gasteiger partial charge in [0, 0.05) is 12.5 Å². The molecule has 0 spiro atoms. The van der Waals surface area contributed by atoms with Crippen LogP contribution in [0.25, 0.3) is 0 Å². The van der Waals surface area contributed by atoms with Crippen LogP contribution in [0.15, 0.2) is 4.52 Å². The van der Waals surface area contributed by atoms with Gasteiger partial charge in [-0.1, -0.05) is 5.16 Å². The second kappa shape index (κ2) is 4.06. The van der Waals surface area contributed by atoms with E-state index in [-0.39, 0.29) is 12.1 Å². The maximum absolute atomic E-state index is 5.65. The summed E-state index contributed by atoms with van der Waals surface area (Å²) in [5.74, 6) is 1.42. The van der Waals surface area contributed by atoms with Crippen LogP contribution in [0.4, 0.5) is 0 Å². The minimum atomic E-state index is 0.0805. The quantitative estimate of drug-likeness (QED) is 0.731. The second-order valence-corrected chi connectivity index (χ2v) is 3.88. The van der Waals surface area contributed by atoms with E-state index >= 15 is 0 Å². The first-order valence-electron chi connectivity index (χ1n) is 5.07. The van der Waals surface area contributed by atoms with Crippen molar-refractivity contribution in [3.05, 3.63) is 11.7 Å². The average Bonchev–Trinajstić information content (AvgIpc) is 2.69. The Bertz CT molecular complexity index is 291. The van der Waals surface area contributed by atoms with Crippen LogP contribution in [0.5, 0.6) is 0 Å². The molecule has 1 fully saturated rings. The third-order valence-corrected chi connectivity index (χ3v) is 2.35. The lowest BCUT2D eigenvalue weighted by molar-refractivity contribution is 0.340. The van der Waals surface area contributed by atoms with Crippen LogP contribution in [-0.2, 0) is 6.42 Å². The van der Waals surface area contributed by atoms with Crippen molar-refractivity contribution in [2.45, 2.75) is 38.3 Å². The van der Waals surface area contributed by atoms with E-state index in [0.717, 1.165) is 13.0 Å². The Labute approximate surface area is 83.1 Å². The van der Waals surface area contributed by atoms with Crippen molar-refractivity contribution >= 4 is 0 Å². The van der Waals surface area contributed by atoms with E-state index in [1.165, 1.54) is 6.42 Å². The van der Waals surface area contributed by atoms with Crippen molar-refractivity contribution in [1.82, 2.24) is 15.5 Å². The number of nitrogens with two attached hydrogens (primary N) is 1. The zero-order chi connectivity index (χ0) is 9.97. The maximum Gasteiger partial charge on any atom is 0.243 e. The van der Waals surface area contributed by atoms with Gasteiger partial charge in [-0.25, -0.2) is 0 Å². The van der Waals surface area contributed by atoms with Crippen LogP contribution < -0.4 is 11.1 Å². The molecule has 1 aromatic rings. The standard InChI is InChI=1S/C9H16N4O/c1-6(10)5-8-12-9(14-13-8)7-3-2-4-11-7/h6-7,11H,2-5,10H2,1H3/t6?,7-/m1/s1. The van der Waals surface area contributed by atoms with E-state index < -0.39 is 0 Å². The predicted molar refractivity (Wildman–Crippen MR) is 51.6 cm³/mol. The molecule has 1 aromatic heterocycles. The van der Waals surface area contributed by atoms with Crippen LogP contribution in [0.1, 0.15) is 37.5 Å². The van der Waals surface area contributed by atoms with E-state index in [4.69, 9.17) is 10.3 Å². The van der Waals surface area contributed by atoms with Crippen molar-refractivity contribution in [2.75, 3.05) is 6.54 Å². The molecule has 1 aliphatic heterocycles. The molecule has 0 amide bonds. The molecule has 0 bridgehead atoms. The summed E-state index contributed by atoms with van der Waals surface area (Å²) in [6, 6.07) is 0.335. The molecule has 78 valence electrons. The molecular weight excluding hydrogens is 180 g/mol. The van der Waals surface area contributed by atoms with Gasteiger partial charge in [0.15, 0.2) is 5.82 Å². The van der Waals surface area contributed by atoms with Crippen molar-refractivity contribution in [3.63, 3.8) is 0 Å². The molecule has 2 heterocycles. The van der Waals surface area contributed by atoms with Crippen molar-refractivity contribution in [3.8, 4) is 0 Å². The normalized spacial score (nSPS) is 24.0. The molecule has 1 aliphatic rings. The number of hydrogen-bond donors (Lipinski definition) is 2. The van der Waals surface area contributed by atoms with E-state index in [1.807, 2.05) is 6.92 Å². The molecule has 1 saturated heterocycles. The Hall–Kier alpha value is -0.940. The fourth-order valence-corrected chi connectivity index (χ4v) is 1.68. The molecule has 3 N–H and O–H groups in total. The molecule has 2 rings (SSSR count). The fourth-order valence-electron chi connectivity index (χ4n) is 1.68. The molecule has 5 heteroatoms. The second-order valence-electron chi connectivity index (χ2n) is 3.88. The predicted octanol–water partition coefficient (Wildman–Crippen LogP) is 0.384. The van der Waals surface area contributed by atoms with Crippen molar-refractivity contribution in [2.24, 2.45) is 5.73 Å². The monoisotopic (exact) mass is 196 g/mol. The zero-order valence-corrected chi connectivity index (χ0v) is 8.36. The summed E-state index contributed by atoms with van der Waals surface area (Å²) in [4.78, 5) is 4.31. The SMILES string of the molecule is CC(N)Cc1noc([C@H]2CCCN2)n1. The third kappa shape index (κ3) is 2.10. The van der Waals surface area contributed by atoms with E-state index in [0.29, 0.717) is 18.1 Å². The lowest BCUT2D eigenvalue weighted by atomic mass is 10.2. The van der Waals surface area contributed by atoms with E-state index in [2.05, 4.69) is 15.5 Å². The minimum absolute atomic E-state index is 0.0805. The number of rotatable bonds is 3. The van der Waals surface area contributed by atoms with Crippen molar-refractivity contribution in [1.29, 1.82) is 0 Å². The Balaban J connectivity index is 2.01. The van der Waals surface area contributed by atoms with E-state index in [9.17, 15) is 0 Å². The van der Waals surface area contributed by atoms with Crippen LogP contribution in [-0.4, -0.2) is 22.7 Å². The number of hydrogen-bond acceptors (Lipinski definition) is 5. The Kier molecular flexibility index (Phi) is 2.79. The molecule has 2 atom stereocenters. The number of aromatic nitrogens is 2. The average molecular weight is 196 g/mol. The minimum Gasteiger partial charge on any atom is -0.338 e.